The van der Waals surface area contributed by atoms with Gasteiger partial charge in [-0.15, -0.1) is 0 Å². The van der Waals surface area contributed by atoms with Crippen LogP contribution >= 0.6 is 0 Å². The van der Waals surface area contributed by atoms with Crippen LogP contribution in [0.3, 0.4) is 0 Å². The molecule has 4 nitrogen and oxygen atoms in total. The number of carbonyl (C=O) groups excluding carboxylic acids is 2. The molecule has 0 N–H and O–H groups in total. The van der Waals surface area contributed by atoms with E-state index in [0.717, 1.165) is 0 Å². The standard InChI is InChI=1S/C11H11NO3/c1-15-11(14)7-3-5-9-4-2-6-10(8-13)12-9/h2-6,8H,7H2,1H3. The Bertz CT molecular complexity index is 385. The quantitative estimate of drug-likeness (QED) is 0.551. The van der Waals surface area contributed by atoms with Crippen LogP contribution in [0, 0.1) is 0 Å². The molecule has 0 atom stereocenters. The Kier molecular flexibility index (Phi) is 4.22. The second-order valence-electron chi connectivity index (χ2n) is 2.79. The van der Waals surface area contributed by atoms with Gasteiger partial charge in [0.2, 0.25) is 0 Å². The molecule has 1 aromatic heterocycles. The first-order valence-corrected chi connectivity index (χ1v) is 4.42. The van der Waals surface area contributed by atoms with Gasteiger partial charge in [-0.2, -0.15) is 0 Å². The minimum Gasteiger partial charge on any atom is -0.469 e. The molecule has 0 bridgehead atoms. The van der Waals surface area contributed by atoms with Crippen molar-refractivity contribution in [1.29, 1.82) is 0 Å². The topological polar surface area (TPSA) is 56.3 Å². The van der Waals surface area contributed by atoms with Gasteiger partial charge >= 0.3 is 5.97 Å². The van der Waals surface area contributed by atoms with Gasteiger partial charge in [0.15, 0.2) is 6.29 Å². The Labute approximate surface area is 87.6 Å². The number of pyridine rings is 1. The number of esters is 1. The van der Waals surface area contributed by atoms with Crippen LogP contribution in [0.4, 0.5) is 0 Å². The van der Waals surface area contributed by atoms with Crippen molar-refractivity contribution in [1.82, 2.24) is 4.98 Å². The van der Waals surface area contributed by atoms with E-state index in [1.54, 1.807) is 30.4 Å². The van der Waals surface area contributed by atoms with Crippen LogP contribution in [0.5, 0.6) is 0 Å². The maximum atomic E-state index is 10.8. The van der Waals surface area contributed by atoms with E-state index in [1.807, 2.05) is 0 Å². The molecule has 1 aromatic rings. The van der Waals surface area contributed by atoms with Crippen LogP contribution in [0.25, 0.3) is 6.08 Å². The van der Waals surface area contributed by atoms with E-state index in [9.17, 15) is 9.59 Å². The van der Waals surface area contributed by atoms with Gasteiger partial charge in [-0.3, -0.25) is 9.59 Å². The van der Waals surface area contributed by atoms with E-state index in [1.165, 1.54) is 7.11 Å². The number of nitrogens with zero attached hydrogens (tertiary/aromatic N) is 1. The molecule has 1 rings (SSSR count). The number of carbonyl (C=O) groups is 2. The number of hydrogen-bond donors (Lipinski definition) is 0. The van der Waals surface area contributed by atoms with Crippen molar-refractivity contribution >= 4 is 18.3 Å². The molecule has 0 aromatic carbocycles. The molecular weight excluding hydrogens is 194 g/mol. The number of hydrogen-bond acceptors (Lipinski definition) is 4. The lowest BCUT2D eigenvalue weighted by Crippen LogP contribution is -1.96. The Morgan fingerprint density at radius 3 is 2.87 bits per heavy atom. The molecule has 4 heteroatoms. The third kappa shape index (κ3) is 3.72. The van der Waals surface area contributed by atoms with Gasteiger partial charge in [-0.1, -0.05) is 12.1 Å². The molecule has 0 spiro atoms. The fourth-order valence-electron chi connectivity index (χ4n) is 0.987. The lowest BCUT2D eigenvalue weighted by molar-refractivity contribution is -0.139. The second kappa shape index (κ2) is 5.70. The fraction of sp³-hybridized carbons (Fsp3) is 0.182. The summed E-state index contributed by atoms with van der Waals surface area (Å²) in [4.78, 5) is 25.2. The Morgan fingerprint density at radius 2 is 2.20 bits per heavy atom. The maximum absolute atomic E-state index is 10.8. The summed E-state index contributed by atoms with van der Waals surface area (Å²) in [5, 5.41) is 0. The summed E-state index contributed by atoms with van der Waals surface area (Å²) in [6.45, 7) is 0. The lowest BCUT2D eigenvalue weighted by atomic mass is 10.2. The molecule has 0 aliphatic heterocycles. The monoisotopic (exact) mass is 205 g/mol. The van der Waals surface area contributed by atoms with E-state index in [-0.39, 0.29) is 12.4 Å². The zero-order valence-electron chi connectivity index (χ0n) is 8.34. The third-order valence-corrected chi connectivity index (χ3v) is 1.71. The highest BCUT2D eigenvalue weighted by atomic mass is 16.5. The molecule has 0 radical (unpaired) electrons. The van der Waals surface area contributed by atoms with E-state index in [4.69, 9.17) is 0 Å². The van der Waals surface area contributed by atoms with Crippen LogP contribution < -0.4 is 0 Å². The summed E-state index contributed by atoms with van der Waals surface area (Å²) in [5.74, 6) is -0.308. The van der Waals surface area contributed by atoms with Crippen LogP contribution in [0.15, 0.2) is 24.3 Å². The predicted octanol–water partition coefficient (Wildman–Crippen LogP) is 1.47. The summed E-state index contributed by atoms with van der Waals surface area (Å²) in [7, 11) is 1.33. The molecule has 15 heavy (non-hydrogen) atoms. The molecule has 0 aliphatic carbocycles. The summed E-state index contributed by atoms with van der Waals surface area (Å²) >= 11 is 0. The Balaban J connectivity index is 2.63. The molecule has 0 unspecified atom stereocenters. The van der Waals surface area contributed by atoms with Gasteiger partial charge in [0.05, 0.1) is 19.2 Å². The summed E-state index contributed by atoms with van der Waals surface area (Å²) < 4.78 is 4.47. The molecular formula is C11H11NO3. The highest BCUT2D eigenvalue weighted by Crippen LogP contribution is 2.01. The zero-order chi connectivity index (χ0) is 11.1. The van der Waals surface area contributed by atoms with Crippen LogP contribution in [0.1, 0.15) is 22.6 Å². The van der Waals surface area contributed by atoms with E-state index in [2.05, 4.69) is 9.72 Å². The molecule has 0 aliphatic rings. The Hall–Kier alpha value is -1.97. The van der Waals surface area contributed by atoms with Crippen LogP contribution in [-0.4, -0.2) is 24.3 Å². The summed E-state index contributed by atoms with van der Waals surface area (Å²) in [6, 6.07) is 5.10. The number of ether oxygens (including phenoxy) is 1. The number of methoxy groups -OCH3 is 1. The molecule has 0 fully saturated rings. The van der Waals surface area contributed by atoms with Crippen molar-refractivity contribution in [2.75, 3.05) is 7.11 Å². The molecule has 0 saturated carbocycles. The van der Waals surface area contributed by atoms with E-state index in [0.29, 0.717) is 17.7 Å². The first-order chi connectivity index (χ1) is 7.26. The number of aromatic nitrogens is 1. The average Bonchev–Trinajstić information content (AvgIpc) is 2.29. The van der Waals surface area contributed by atoms with Gasteiger partial charge in [0, 0.05) is 0 Å². The van der Waals surface area contributed by atoms with Crippen LogP contribution in [-0.2, 0) is 9.53 Å². The van der Waals surface area contributed by atoms with E-state index >= 15 is 0 Å². The molecule has 0 amide bonds. The molecule has 0 saturated heterocycles. The van der Waals surface area contributed by atoms with E-state index < -0.39 is 0 Å². The zero-order valence-corrected chi connectivity index (χ0v) is 8.34. The first-order valence-electron chi connectivity index (χ1n) is 4.42. The van der Waals surface area contributed by atoms with Crippen molar-refractivity contribution in [3.63, 3.8) is 0 Å². The lowest BCUT2D eigenvalue weighted by Gasteiger charge is -1.94. The molecule has 78 valence electrons. The third-order valence-electron chi connectivity index (χ3n) is 1.71. The highest BCUT2D eigenvalue weighted by Gasteiger charge is 1.95. The van der Waals surface area contributed by atoms with Crippen molar-refractivity contribution < 1.29 is 14.3 Å². The van der Waals surface area contributed by atoms with Gasteiger partial charge in [0.1, 0.15) is 5.69 Å². The number of rotatable bonds is 4. The smallest absolute Gasteiger partial charge is 0.309 e. The predicted molar refractivity (Wildman–Crippen MR) is 55.3 cm³/mol. The fourth-order valence-corrected chi connectivity index (χ4v) is 0.987. The SMILES string of the molecule is COC(=O)CC=Cc1cccc(C=O)n1. The first kappa shape index (κ1) is 11.1. The summed E-state index contributed by atoms with van der Waals surface area (Å²) in [5.41, 5.74) is 1.01. The summed E-state index contributed by atoms with van der Waals surface area (Å²) in [6.07, 6.45) is 4.19. The maximum Gasteiger partial charge on any atom is 0.309 e. The van der Waals surface area contributed by atoms with Gasteiger partial charge in [-0.25, -0.2) is 4.98 Å². The van der Waals surface area contributed by atoms with Gasteiger partial charge in [-0.05, 0) is 18.2 Å². The van der Waals surface area contributed by atoms with Gasteiger partial charge < -0.3 is 4.74 Å². The van der Waals surface area contributed by atoms with Crippen LogP contribution in [0.2, 0.25) is 0 Å². The van der Waals surface area contributed by atoms with Crippen molar-refractivity contribution in [3.05, 3.63) is 35.7 Å². The number of aldehydes is 1. The largest absolute Gasteiger partial charge is 0.469 e. The average molecular weight is 205 g/mol. The molecule has 1 heterocycles. The highest BCUT2D eigenvalue weighted by molar-refractivity contribution is 5.73. The minimum absolute atomic E-state index is 0.198. The normalized spacial score (nSPS) is 10.2. The second-order valence-corrected chi connectivity index (χ2v) is 2.79. The van der Waals surface area contributed by atoms with Crippen molar-refractivity contribution in [3.8, 4) is 0 Å². The van der Waals surface area contributed by atoms with Crippen molar-refractivity contribution in [2.24, 2.45) is 0 Å². The minimum atomic E-state index is -0.308. The van der Waals surface area contributed by atoms with Gasteiger partial charge in [0.25, 0.3) is 0 Å². The Morgan fingerprint density at radius 1 is 1.47 bits per heavy atom. The van der Waals surface area contributed by atoms with Crippen molar-refractivity contribution in [2.45, 2.75) is 6.42 Å².